The van der Waals surface area contributed by atoms with Crippen LogP contribution in [0.4, 0.5) is 11.8 Å². The van der Waals surface area contributed by atoms with Crippen LogP contribution in [0.5, 0.6) is 5.75 Å². The molecule has 2 aromatic rings. The Hall–Kier alpha value is -2.05. The van der Waals surface area contributed by atoms with Gasteiger partial charge in [-0.1, -0.05) is 11.6 Å². The van der Waals surface area contributed by atoms with Gasteiger partial charge in [-0.2, -0.15) is 4.98 Å². The number of benzene rings is 1. The Balaban J connectivity index is 2.02. The quantitative estimate of drug-likeness (QED) is 0.926. The summed E-state index contributed by atoms with van der Waals surface area (Å²) < 4.78 is 11.0. The van der Waals surface area contributed by atoms with E-state index < -0.39 is 0 Å². The minimum absolute atomic E-state index is 0.416. The van der Waals surface area contributed by atoms with Gasteiger partial charge in [-0.05, 0) is 25.1 Å². The van der Waals surface area contributed by atoms with Crippen molar-refractivity contribution in [3.63, 3.8) is 0 Å². The van der Waals surface area contributed by atoms with Crippen LogP contribution in [0.15, 0.2) is 24.3 Å². The number of morpholine rings is 1. The van der Waals surface area contributed by atoms with E-state index in [4.69, 9.17) is 26.8 Å². The number of hydrogen-bond acceptors (Lipinski definition) is 6. The molecule has 0 unspecified atom stereocenters. The van der Waals surface area contributed by atoms with Crippen molar-refractivity contribution in [1.82, 2.24) is 9.97 Å². The fraction of sp³-hybridized carbons (Fsp3) is 0.375. The highest BCUT2D eigenvalue weighted by molar-refractivity contribution is 6.31. The van der Waals surface area contributed by atoms with E-state index in [1.807, 2.05) is 19.1 Å². The summed E-state index contributed by atoms with van der Waals surface area (Å²) in [6.45, 7) is 5.31. The van der Waals surface area contributed by atoms with E-state index >= 15 is 0 Å². The first kappa shape index (κ1) is 15.8. The van der Waals surface area contributed by atoms with Crippen LogP contribution in [-0.2, 0) is 4.74 Å². The van der Waals surface area contributed by atoms with Crippen LogP contribution >= 0.6 is 11.6 Å². The third-order valence-electron chi connectivity index (χ3n) is 3.55. The molecule has 1 fully saturated rings. The van der Waals surface area contributed by atoms with E-state index in [0.717, 1.165) is 24.4 Å². The first-order valence-electron chi connectivity index (χ1n) is 7.57. The van der Waals surface area contributed by atoms with Crippen molar-refractivity contribution in [2.45, 2.75) is 6.92 Å². The van der Waals surface area contributed by atoms with Crippen LogP contribution in [0.1, 0.15) is 6.92 Å². The summed E-state index contributed by atoms with van der Waals surface area (Å²) in [6.07, 6.45) is 0. The fourth-order valence-electron chi connectivity index (χ4n) is 2.48. The summed E-state index contributed by atoms with van der Waals surface area (Å²) >= 11 is 6.14. The Bertz CT molecular complexity index is 690. The number of nitrogens with zero attached hydrogens (tertiary/aromatic N) is 3. The summed E-state index contributed by atoms with van der Waals surface area (Å²) in [6, 6.07) is 7.20. The van der Waals surface area contributed by atoms with Crippen molar-refractivity contribution in [3.8, 4) is 17.0 Å². The number of ether oxygens (including phenoxy) is 2. The Morgan fingerprint density at radius 2 is 2.04 bits per heavy atom. The van der Waals surface area contributed by atoms with E-state index in [1.54, 1.807) is 12.1 Å². The van der Waals surface area contributed by atoms with Crippen LogP contribution < -0.4 is 15.4 Å². The van der Waals surface area contributed by atoms with Gasteiger partial charge in [-0.25, -0.2) is 4.98 Å². The van der Waals surface area contributed by atoms with Crippen molar-refractivity contribution in [1.29, 1.82) is 0 Å². The van der Waals surface area contributed by atoms with Crippen molar-refractivity contribution >= 4 is 23.4 Å². The standard InChI is InChI=1S/C16H19ClN4O2/c1-2-23-14-4-3-11(17)9-12(14)13-10-15(18)20-16(19-13)21-5-7-22-8-6-21/h3-4,9-10H,2,5-8H2,1H3,(H2,18,19,20). The second-order valence-electron chi connectivity index (χ2n) is 5.15. The summed E-state index contributed by atoms with van der Waals surface area (Å²) in [5.74, 6) is 1.74. The molecule has 0 bridgehead atoms. The molecule has 1 saturated heterocycles. The second kappa shape index (κ2) is 7.02. The molecule has 1 aliphatic heterocycles. The predicted molar refractivity (Wildman–Crippen MR) is 91.1 cm³/mol. The predicted octanol–water partition coefficient (Wildman–Crippen LogP) is 2.61. The lowest BCUT2D eigenvalue weighted by atomic mass is 10.1. The fourth-order valence-corrected chi connectivity index (χ4v) is 2.65. The van der Waals surface area contributed by atoms with Crippen LogP contribution in [-0.4, -0.2) is 42.9 Å². The van der Waals surface area contributed by atoms with Gasteiger partial charge in [-0.3, -0.25) is 0 Å². The molecule has 0 amide bonds. The monoisotopic (exact) mass is 334 g/mol. The molecule has 23 heavy (non-hydrogen) atoms. The number of nitrogen functional groups attached to an aromatic ring is 1. The molecule has 2 heterocycles. The molecule has 1 aromatic heterocycles. The molecular weight excluding hydrogens is 316 g/mol. The van der Waals surface area contributed by atoms with Crippen molar-refractivity contribution < 1.29 is 9.47 Å². The minimum Gasteiger partial charge on any atom is -0.493 e. The lowest BCUT2D eigenvalue weighted by Crippen LogP contribution is -2.37. The summed E-state index contributed by atoms with van der Waals surface area (Å²) in [5.41, 5.74) is 7.49. The van der Waals surface area contributed by atoms with Crippen LogP contribution in [0, 0.1) is 0 Å². The Morgan fingerprint density at radius 3 is 2.78 bits per heavy atom. The normalized spacial score (nSPS) is 14.8. The zero-order valence-electron chi connectivity index (χ0n) is 13.0. The largest absolute Gasteiger partial charge is 0.493 e. The number of aromatic nitrogens is 2. The Labute approximate surface area is 140 Å². The lowest BCUT2D eigenvalue weighted by Gasteiger charge is -2.27. The van der Waals surface area contributed by atoms with Crippen LogP contribution in [0.25, 0.3) is 11.3 Å². The molecule has 0 atom stereocenters. The Kier molecular flexibility index (Phi) is 4.83. The molecule has 0 aliphatic carbocycles. The smallest absolute Gasteiger partial charge is 0.228 e. The molecule has 1 aliphatic rings. The van der Waals surface area contributed by atoms with Gasteiger partial charge in [0.05, 0.1) is 25.5 Å². The van der Waals surface area contributed by atoms with Gasteiger partial charge < -0.3 is 20.1 Å². The van der Waals surface area contributed by atoms with Crippen molar-refractivity contribution in [3.05, 3.63) is 29.3 Å². The molecule has 1 aromatic carbocycles. The molecule has 0 saturated carbocycles. The topological polar surface area (TPSA) is 73.5 Å². The molecule has 122 valence electrons. The van der Waals surface area contributed by atoms with Crippen LogP contribution in [0.2, 0.25) is 5.02 Å². The lowest BCUT2D eigenvalue weighted by molar-refractivity contribution is 0.122. The van der Waals surface area contributed by atoms with E-state index in [9.17, 15) is 0 Å². The summed E-state index contributed by atoms with van der Waals surface area (Å²) in [5, 5.41) is 0.619. The highest BCUT2D eigenvalue weighted by Crippen LogP contribution is 2.33. The maximum absolute atomic E-state index is 6.14. The SMILES string of the molecule is CCOc1ccc(Cl)cc1-c1cc(N)nc(N2CCOCC2)n1. The van der Waals surface area contributed by atoms with Gasteiger partial charge in [-0.15, -0.1) is 0 Å². The first-order chi connectivity index (χ1) is 11.2. The molecule has 0 spiro atoms. The van der Waals surface area contributed by atoms with Crippen LogP contribution in [0.3, 0.4) is 0 Å². The number of nitrogens with two attached hydrogens (primary N) is 1. The number of hydrogen-bond donors (Lipinski definition) is 1. The van der Waals surface area contributed by atoms with Crippen molar-refractivity contribution in [2.24, 2.45) is 0 Å². The molecule has 3 rings (SSSR count). The average molecular weight is 335 g/mol. The van der Waals surface area contributed by atoms with Gasteiger partial charge in [0.15, 0.2) is 0 Å². The summed E-state index contributed by atoms with van der Waals surface area (Å²) in [4.78, 5) is 11.1. The first-order valence-corrected chi connectivity index (χ1v) is 7.95. The molecule has 2 N–H and O–H groups in total. The number of halogens is 1. The van der Waals surface area contributed by atoms with E-state index in [2.05, 4.69) is 14.9 Å². The van der Waals surface area contributed by atoms with E-state index in [-0.39, 0.29) is 0 Å². The molecular formula is C16H19ClN4O2. The number of anilines is 2. The van der Waals surface area contributed by atoms with Crippen molar-refractivity contribution in [2.75, 3.05) is 43.5 Å². The average Bonchev–Trinajstić information content (AvgIpc) is 2.57. The molecule has 6 nitrogen and oxygen atoms in total. The zero-order valence-corrected chi connectivity index (χ0v) is 13.7. The Morgan fingerprint density at radius 1 is 1.26 bits per heavy atom. The maximum atomic E-state index is 6.14. The second-order valence-corrected chi connectivity index (χ2v) is 5.59. The van der Waals surface area contributed by atoms with Gasteiger partial charge >= 0.3 is 0 Å². The van der Waals surface area contributed by atoms with Gasteiger partial charge in [0.1, 0.15) is 11.6 Å². The molecule has 0 radical (unpaired) electrons. The zero-order chi connectivity index (χ0) is 16.2. The highest BCUT2D eigenvalue weighted by atomic mass is 35.5. The van der Waals surface area contributed by atoms with Gasteiger partial charge in [0.2, 0.25) is 5.95 Å². The third-order valence-corrected chi connectivity index (χ3v) is 3.78. The number of rotatable bonds is 4. The highest BCUT2D eigenvalue weighted by Gasteiger charge is 2.17. The summed E-state index contributed by atoms with van der Waals surface area (Å²) in [7, 11) is 0. The third kappa shape index (κ3) is 3.65. The minimum atomic E-state index is 0.416. The van der Waals surface area contributed by atoms with Gasteiger partial charge in [0.25, 0.3) is 0 Å². The molecule has 7 heteroatoms. The van der Waals surface area contributed by atoms with Gasteiger partial charge in [0, 0.05) is 29.7 Å². The maximum Gasteiger partial charge on any atom is 0.228 e. The van der Waals surface area contributed by atoms with E-state index in [0.29, 0.717) is 42.3 Å². The van der Waals surface area contributed by atoms with E-state index in [1.165, 1.54) is 0 Å².